The number of carbonyl (C=O) groups is 1. The maximum absolute atomic E-state index is 10.4. The third-order valence-electron chi connectivity index (χ3n) is 1.57. The third-order valence-corrected chi connectivity index (χ3v) is 2.23. The SMILES string of the molecule is N[C@@H](COc1ccccc1Br)C(=O)O. The van der Waals surface area contributed by atoms with Gasteiger partial charge in [-0.1, -0.05) is 12.1 Å². The molecule has 1 aromatic rings. The number of rotatable bonds is 4. The molecule has 0 fully saturated rings. The highest BCUT2D eigenvalue weighted by Crippen LogP contribution is 2.23. The van der Waals surface area contributed by atoms with E-state index >= 15 is 0 Å². The van der Waals surface area contributed by atoms with Crippen LogP contribution in [-0.2, 0) is 4.79 Å². The Kier molecular flexibility index (Phi) is 3.91. The fourth-order valence-corrected chi connectivity index (χ4v) is 1.21. The molecule has 14 heavy (non-hydrogen) atoms. The van der Waals surface area contributed by atoms with Crippen LogP contribution in [0.5, 0.6) is 5.75 Å². The predicted octanol–water partition coefficient (Wildman–Crippen LogP) is 1.24. The Hall–Kier alpha value is -1.07. The van der Waals surface area contributed by atoms with E-state index < -0.39 is 12.0 Å². The van der Waals surface area contributed by atoms with Gasteiger partial charge in [0.05, 0.1) is 4.47 Å². The van der Waals surface area contributed by atoms with Gasteiger partial charge in [0, 0.05) is 0 Å². The summed E-state index contributed by atoms with van der Waals surface area (Å²) in [6.45, 7) is -0.0437. The summed E-state index contributed by atoms with van der Waals surface area (Å²) in [4.78, 5) is 10.4. The van der Waals surface area contributed by atoms with Crippen molar-refractivity contribution in [2.24, 2.45) is 5.73 Å². The number of nitrogens with two attached hydrogens (primary N) is 1. The second-order valence-corrected chi connectivity index (χ2v) is 3.54. The third kappa shape index (κ3) is 3.01. The first-order valence-corrected chi connectivity index (χ1v) is 4.76. The maximum Gasteiger partial charge on any atom is 0.324 e. The van der Waals surface area contributed by atoms with Gasteiger partial charge in [0.1, 0.15) is 18.4 Å². The van der Waals surface area contributed by atoms with Gasteiger partial charge in [0.2, 0.25) is 0 Å². The van der Waals surface area contributed by atoms with E-state index in [0.29, 0.717) is 5.75 Å². The van der Waals surface area contributed by atoms with E-state index in [1.54, 1.807) is 12.1 Å². The van der Waals surface area contributed by atoms with Crippen LogP contribution in [0, 0.1) is 0 Å². The van der Waals surface area contributed by atoms with Crippen LogP contribution in [0.4, 0.5) is 0 Å². The fraction of sp³-hybridized carbons (Fsp3) is 0.222. The smallest absolute Gasteiger partial charge is 0.324 e. The predicted molar refractivity (Wildman–Crippen MR) is 55.2 cm³/mol. The molecule has 0 unspecified atom stereocenters. The van der Waals surface area contributed by atoms with Crippen LogP contribution in [0.25, 0.3) is 0 Å². The van der Waals surface area contributed by atoms with Crippen molar-refractivity contribution < 1.29 is 14.6 Å². The zero-order chi connectivity index (χ0) is 10.6. The minimum Gasteiger partial charge on any atom is -0.490 e. The first-order valence-electron chi connectivity index (χ1n) is 3.97. The maximum atomic E-state index is 10.4. The standard InChI is InChI=1S/C9H10BrNO3/c10-6-3-1-2-4-8(6)14-5-7(11)9(12)13/h1-4,7H,5,11H2,(H,12,13)/t7-/m0/s1. The van der Waals surface area contributed by atoms with Gasteiger partial charge in [-0.15, -0.1) is 0 Å². The van der Waals surface area contributed by atoms with E-state index in [-0.39, 0.29) is 6.61 Å². The van der Waals surface area contributed by atoms with E-state index in [4.69, 9.17) is 15.6 Å². The Bertz CT molecular complexity index is 330. The Labute approximate surface area is 89.8 Å². The van der Waals surface area contributed by atoms with Crippen LogP contribution in [0.2, 0.25) is 0 Å². The van der Waals surface area contributed by atoms with Crippen molar-refractivity contribution in [2.45, 2.75) is 6.04 Å². The van der Waals surface area contributed by atoms with Gasteiger partial charge in [-0.2, -0.15) is 0 Å². The number of ether oxygens (including phenoxy) is 1. The zero-order valence-corrected chi connectivity index (χ0v) is 8.90. The van der Waals surface area contributed by atoms with Crippen molar-refractivity contribution >= 4 is 21.9 Å². The summed E-state index contributed by atoms with van der Waals surface area (Å²) < 4.78 is 5.98. The number of benzene rings is 1. The van der Waals surface area contributed by atoms with Gasteiger partial charge in [-0.05, 0) is 28.1 Å². The van der Waals surface area contributed by atoms with Crippen molar-refractivity contribution in [3.8, 4) is 5.75 Å². The first-order chi connectivity index (χ1) is 6.61. The lowest BCUT2D eigenvalue weighted by atomic mass is 10.3. The van der Waals surface area contributed by atoms with Gasteiger partial charge in [-0.25, -0.2) is 0 Å². The molecule has 5 heteroatoms. The zero-order valence-electron chi connectivity index (χ0n) is 7.31. The molecule has 76 valence electrons. The number of hydrogen-bond acceptors (Lipinski definition) is 3. The van der Waals surface area contributed by atoms with Crippen molar-refractivity contribution in [1.29, 1.82) is 0 Å². The molecular formula is C9H10BrNO3. The second kappa shape index (κ2) is 4.97. The highest BCUT2D eigenvalue weighted by molar-refractivity contribution is 9.10. The van der Waals surface area contributed by atoms with Gasteiger partial charge in [0.25, 0.3) is 0 Å². The summed E-state index contributed by atoms with van der Waals surface area (Å²) in [5.74, 6) is -0.485. The summed E-state index contributed by atoms with van der Waals surface area (Å²) >= 11 is 3.27. The second-order valence-electron chi connectivity index (χ2n) is 2.69. The molecule has 1 rings (SSSR count). The average Bonchev–Trinajstić information content (AvgIpc) is 2.16. The van der Waals surface area contributed by atoms with Crippen LogP contribution in [0.1, 0.15) is 0 Å². The lowest BCUT2D eigenvalue weighted by Gasteiger charge is -2.10. The lowest BCUT2D eigenvalue weighted by Crippen LogP contribution is -2.36. The summed E-state index contributed by atoms with van der Waals surface area (Å²) in [6.07, 6.45) is 0. The normalized spacial score (nSPS) is 12.1. The molecule has 0 spiro atoms. The number of aliphatic carboxylic acids is 1. The Morgan fingerprint density at radius 1 is 1.57 bits per heavy atom. The lowest BCUT2D eigenvalue weighted by molar-refractivity contribution is -0.139. The Morgan fingerprint density at radius 2 is 2.21 bits per heavy atom. The van der Waals surface area contributed by atoms with E-state index in [0.717, 1.165) is 4.47 Å². The first kappa shape index (κ1) is 11.0. The van der Waals surface area contributed by atoms with Crippen LogP contribution in [-0.4, -0.2) is 23.7 Å². The van der Waals surface area contributed by atoms with Crippen LogP contribution in [0.3, 0.4) is 0 Å². The minimum absolute atomic E-state index is 0.0437. The topological polar surface area (TPSA) is 72.5 Å². The van der Waals surface area contributed by atoms with E-state index in [2.05, 4.69) is 15.9 Å². The van der Waals surface area contributed by atoms with Crippen LogP contribution in [0.15, 0.2) is 28.7 Å². The molecule has 0 amide bonds. The average molecular weight is 260 g/mol. The number of halogens is 1. The molecule has 1 atom stereocenters. The summed E-state index contributed by atoms with van der Waals surface area (Å²) in [5, 5.41) is 8.51. The van der Waals surface area contributed by atoms with E-state index in [9.17, 15) is 4.79 Å². The molecule has 3 N–H and O–H groups in total. The molecule has 0 aromatic heterocycles. The van der Waals surface area contributed by atoms with Crippen LogP contribution >= 0.6 is 15.9 Å². The monoisotopic (exact) mass is 259 g/mol. The molecule has 0 radical (unpaired) electrons. The van der Waals surface area contributed by atoms with Gasteiger partial charge in [0.15, 0.2) is 0 Å². The molecule has 0 aliphatic carbocycles. The molecule has 0 saturated heterocycles. The Morgan fingerprint density at radius 3 is 2.79 bits per heavy atom. The van der Waals surface area contributed by atoms with Crippen molar-refractivity contribution in [2.75, 3.05) is 6.61 Å². The molecule has 0 saturated carbocycles. The Balaban J connectivity index is 2.54. The molecular weight excluding hydrogens is 250 g/mol. The van der Waals surface area contributed by atoms with E-state index in [1.165, 1.54) is 0 Å². The highest BCUT2D eigenvalue weighted by atomic mass is 79.9. The fourth-order valence-electron chi connectivity index (χ4n) is 0.813. The van der Waals surface area contributed by atoms with E-state index in [1.807, 2.05) is 12.1 Å². The number of carboxylic acids is 1. The largest absolute Gasteiger partial charge is 0.490 e. The summed E-state index contributed by atoms with van der Waals surface area (Å²) in [5.41, 5.74) is 5.27. The molecule has 4 nitrogen and oxygen atoms in total. The van der Waals surface area contributed by atoms with Gasteiger partial charge < -0.3 is 15.6 Å². The van der Waals surface area contributed by atoms with Crippen molar-refractivity contribution in [3.05, 3.63) is 28.7 Å². The number of para-hydroxylation sites is 1. The quantitative estimate of drug-likeness (QED) is 0.854. The van der Waals surface area contributed by atoms with Gasteiger partial charge >= 0.3 is 5.97 Å². The van der Waals surface area contributed by atoms with Crippen LogP contribution < -0.4 is 10.5 Å². The molecule has 0 heterocycles. The van der Waals surface area contributed by atoms with Crippen molar-refractivity contribution in [1.82, 2.24) is 0 Å². The summed E-state index contributed by atoms with van der Waals surface area (Å²) in [6, 6.07) is 6.18. The number of carboxylic acid groups (broad SMARTS) is 1. The molecule has 0 bridgehead atoms. The van der Waals surface area contributed by atoms with Gasteiger partial charge in [-0.3, -0.25) is 4.79 Å². The van der Waals surface area contributed by atoms with Crippen molar-refractivity contribution in [3.63, 3.8) is 0 Å². The minimum atomic E-state index is -1.07. The highest BCUT2D eigenvalue weighted by Gasteiger charge is 2.12. The summed E-state index contributed by atoms with van der Waals surface area (Å²) in [7, 11) is 0. The molecule has 0 aliphatic rings. The number of hydrogen-bond donors (Lipinski definition) is 2. The molecule has 1 aromatic carbocycles. The molecule has 0 aliphatic heterocycles.